The fourth-order valence-electron chi connectivity index (χ4n) is 3.75. The molecule has 0 saturated carbocycles. The van der Waals surface area contributed by atoms with Crippen LogP contribution in [-0.4, -0.2) is 23.5 Å². The fourth-order valence-corrected chi connectivity index (χ4v) is 3.93. The molecule has 27 heavy (non-hydrogen) atoms. The lowest BCUT2D eigenvalue weighted by Crippen LogP contribution is -2.35. The Labute approximate surface area is 166 Å². The summed E-state index contributed by atoms with van der Waals surface area (Å²) in [5.74, 6) is 0.0895. The van der Waals surface area contributed by atoms with Crippen LogP contribution >= 0.6 is 12.6 Å². The van der Waals surface area contributed by atoms with E-state index < -0.39 is 5.54 Å². The number of aliphatic imine (C=N–C) groups is 1. The molecule has 1 N–H and O–H groups in total. The van der Waals surface area contributed by atoms with Crippen molar-refractivity contribution in [3.05, 3.63) is 70.5 Å². The largest absolute Gasteiger partial charge is 0.507 e. The van der Waals surface area contributed by atoms with Crippen molar-refractivity contribution in [2.75, 3.05) is 7.11 Å². The number of nitrogens with zero attached hydrogens (tertiary/aromatic N) is 1. The van der Waals surface area contributed by atoms with Crippen LogP contribution in [0.3, 0.4) is 0 Å². The van der Waals surface area contributed by atoms with Crippen molar-refractivity contribution in [1.82, 2.24) is 0 Å². The molecule has 0 bridgehead atoms. The molecule has 1 aliphatic rings. The van der Waals surface area contributed by atoms with Gasteiger partial charge in [0.15, 0.2) is 5.76 Å². The molecule has 0 amide bonds. The third-order valence-corrected chi connectivity index (χ3v) is 5.37. The van der Waals surface area contributed by atoms with Gasteiger partial charge in [-0.3, -0.25) is 4.99 Å². The summed E-state index contributed by atoms with van der Waals surface area (Å²) in [6.07, 6.45) is 1.92. The van der Waals surface area contributed by atoms with Gasteiger partial charge in [0, 0.05) is 16.9 Å². The molecule has 1 atom stereocenters. The molecule has 0 aliphatic carbocycles. The maximum absolute atomic E-state index is 10.6. The van der Waals surface area contributed by atoms with E-state index in [0.717, 1.165) is 16.8 Å². The summed E-state index contributed by atoms with van der Waals surface area (Å²) in [5.41, 5.74) is 3.33. The number of aliphatic hydroxyl groups excluding tert-OH is 1. The molecule has 4 heteroatoms. The zero-order chi connectivity index (χ0) is 20.0. The topological polar surface area (TPSA) is 41.8 Å². The quantitative estimate of drug-likeness (QED) is 0.526. The summed E-state index contributed by atoms with van der Waals surface area (Å²) in [6.45, 7) is 12.6. The SMILES string of the molecule is C=C(S)C1=NC(C)(/C(O)=C/OC)Cc2c1cc(C(C)(C)C)c1ccccc21. The maximum atomic E-state index is 10.6. The highest BCUT2D eigenvalue weighted by molar-refractivity contribution is 7.85. The lowest BCUT2D eigenvalue weighted by atomic mass is 9.76. The van der Waals surface area contributed by atoms with Gasteiger partial charge >= 0.3 is 0 Å². The first-order valence-corrected chi connectivity index (χ1v) is 9.49. The monoisotopic (exact) mass is 381 g/mol. The van der Waals surface area contributed by atoms with E-state index in [0.29, 0.717) is 11.3 Å². The normalized spacial score (nSPS) is 20.2. The Hall–Kier alpha value is -2.20. The van der Waals surface area contributed by atoms with Gasteiger partial charge in [-0.15, -0.1) is 12.6 Å². The van der Waals surface area contributed by atoms with Gasteiger partial charge in [-0.2, -0.15) is 0 Å². The first kappa shape index (κ1) is 19.6. The zero-order valence-electron chi connectivity index (χ0n) is 16.6. The van der Waals surface area contributed by atoms with Gasteiger partial charge in [-0.05, 0) is 40.3 Å². The van der Waals surface area contributed by atoms with E-state index in [9.17, 15) is 5.11 Å². The standard InChI is InChI=1S/C23H27NO2S/c1-14(27)21-17-11-19(22(2,3)4)16-10-8-7-9-15(16)18(17)12-23(5,24-21)20(25)13-26-6/h7-11,13,25,27H,1,12H2,2-6H3/b20-13-. The van der Waals surface area contributed by atoms with E-state index in [-0.39, 0.29) is 11.2 Å². The molecule has 1 unspecified atom stereocenters. The van der Waals surface area contributed by atoms with Gasteiger partial charge in [0.2, 0.25) is 0 Å². The van der Waals surface area contributed by atoms with Gasteiger partial charge in [0.05, 0.1) is 12.8 Å². The van der Waals surface area contributed by atoms with Crippen LogP contribution < -0.4 is 0 Å². The van der Waals surface area contributed by atoms with Crippen LogP contribution in [0.5, 0.6) is 0 Å². The lowest BCUT2D eigenvalue weighted by Gasteiger charge is -2.34. The maximum Gasteiger partial charge on any atom is 0.154 e. The van der Waals surface area contributed by atoms with Gasteiger partial charge in [-0.25, -0.2) is 0 Å². The highest BCUT2D eigenvalue weighted by Crippen LogP contribution is 2.41. The number of allylic oxidation sites excluding steroid dienone is 1. The second-order valence-electron chi connectivity index (χ2n) is 8.34. The number of ether oxygens (including phenoxy) is 1. The molecule has 3 rings (SSSR count). The van der Waals surface area contributed by atoms with Gasteiger partial charge in [0.1, 0.15) is 11.8 Å². The van der Waals surface area contributed by atoms with Crippen LogP contribution in [0.2, 0.25) is 0 Å². The Balaban J connectivity index is 2.39. The van der Waals surface area contributed by atoms with Gasteiger partial charge in [-0.1, -0.05) is 51.6 Å². The zero-order valence-corrected chi connectivity index (χ0v) is 17.5. The summed E-state index contributed by atoms with van der Waals surface area (Å²) in [7, 11) is 1.52. The average molecular weight is 382 g/mol. The number of benzene rings is 2. The average Bonchev–Trinajstić information content (AvgIpc) is 2.59. The Bertz CT molecular complexity index is 982. The van der Waals surface area contributed by atoms with Crippen LogP contribution in [0.25, 0.3) is 10.8 Å². The number of hydrogen-bond donors (Lipinski definition) is 2. The van der Waals surface area contributed by atoms with Crippen molar-refractivity contribution in [3.8, 4) is 0 Å². The Morgan fingerprint density at radius 3 is 2.48 bits per heavy atom. The van der Waals surface area contributed by atoms with Crippen molar-refractivity contribution in [2.45, 2.75) is 45.1 Å². The third kappa shape index (κ3) is 3.39. The minimum Gasteiger partial charge on any atom is -0.507 e. The fraction of sp³-hybridized carbons (Fsp3) is 0.348. The minimum atomic E-state index is -0.823. The van der Waals surface area contributed by atoms with E-state index in [1.165, 1.54) is 29.7 Å². The second kappa shape index (κ2) is 6.75. The molecule has 0 fully saturated rings. The van der Waals surface area contributed by atoms with Crippen molar-refractivity contribution in [3.63, 3.8) is 0 Å². The van der Waals surface area contributed by atoms with Crippen LogP contribution in [0.15, 0.2) is 58.8 Å². The van der Waals surface area contributed by atoms with Crippen molar-refractivity contribution < 1.29 is 9.84 Å². The van der Waals surface area contributed by atoms with Crippen molar-refractivity contribution in [1.29, 1.82) is 0 Å². The van der Waals surface area contributed by atoms with E-state index in [4.69, 9.17) is 9.73 Å². The summed E-state index contributed by atoms with van der Waals surface area (Å²) in [5, 5.41) is 13.0. The van der Waals surface area contributed by atoms with Crippen LogP contribution in [0.1, 0.15) is 44.4 Å². The molecular formula is C23H27NO2S. The summed E-state index contributed by atoms with van der Waals surface area (Å²) in [4.78, 5) is 5.43. The first-order valence-electron chi connectivity index (χ1n) is 9.04. The Kier molecular flexibility index (Phi) is 4.89. The molecule has 0 aromatic heterocycles. The minimum absolute atomic E-state index is 0.0173. The molecule has 2 aromatic carbocycles. The van der Waals surface area contributed by atoms with E-state index >= 15 is 0 Å². The van der Waals surface area contributed by atoms with Gasteiger partial charge in [0.25, 0.3) is 0 Å². The number of hydrogen-bond acceptors (Lipinski definition) is 4. The van der Waals surface area contributed by atoms with Crippen LogP contribution in [-0.2, 0) is 16.6 Å². The number of fused-ring (bicyclic) bond motifs is 3. The molecule has 0 radical (unpaired) electrons. The molecule has 142 valence electrons. The van der Waals surface area contributed by atoms with E-state index in [1.807, 2.05) is 6.92 Å². The highest BCUT2D eigenvalue weighted by Gasteiger charge is 2.37. The lowest BCUT2D eigenvalue weighted by molar-refractivity contribution is 0.252. The molecule has 3 nitrogen and oxygen atoms in total. The van der Waals surface area contributed by atoms with Crippen molar-refractivity contribution >= 4 is 29.1 Å². The molecule has 0 saturated heterocycles. The van der Waals surface area contributed by atoms with E-state index in [2.05, 4.69) is 70.3 Å². The molecule has 1 aliphatic heterocycles. The van der Waals surface area contributed by atoms with Gasteiger partial charge < -0.3 is 9.84 Å². The van der Waals surface area contributed by atoms with Crippen LogP contribution in [0, 0.1) is 0 Å². The second-order valence-corrected chi connectivity index (χ2v) is 8.88. The highest BCUT2D eigenvalue weighted by atomic mass is 32.1. The predicted molar refractivity (Wildman–Crippen MR) is 117 cm³/mol. The Morgan fingerprint density at radius 1 is 1.30 bits per heavy atom. The predicted octanol–water partition coefficient (Wildman–Crippen LogP) is 5.73. The Morgan fingerprint density at radius 2 is 1.93 bits per heavy atom. The molecule has 1 heterocycles. The number of thiol groups is 1. The van der Waals surface area contributed by atoms with Crippen LogP contribution in [0.4, 0.5) is 0 Å². The van der Waals surface area contributed by atoms with Crippen molar-refractivity contribution in [2.24, 2.45) is 4.99 Å². The summed E-state index contributed by atoms with van der Waals surface area (Å²) < 4.78 is 5.03. The third-order valence-electron chi connectivity index (χ3n) is 5.15. The number of methoxy groups -OCH3 is 1. The summed E-state index contributed by atoms with van der Waals surface area (Å²) in [6, 6.07) is 10.7. The number of rotatable bonds is 3. The first-order chi connectivity index (χ1) is 12.6. The smallest absolute Gasteiger partial charge is 0.154 e. The molecule has 0 spiro atoms. The van der Waals surface area contributed by atoms with E-state index in [1.54, 1.807) is 0 Å². The number of aliphatic hydroxyl groups is 1. The summed E-state index contributed by atoms with van der Waals surface area (Å²) >= 11 is 4.51. The molecule has 2 aromatic rings. The molecular weight excluding hydrogens is 354 g/mol.